The third kappa shape index (κ3) is 3.42. The zero-order valence-electron chi connectivity index (χ0n) is 12.5. The van der Waals surface area contributed by atoms with E-state index in [1.807, 2.05) is 24.5 Å². The molecule has 2 atom stereocenters. The average molecular weight is 282 g/mol. The molecule has 3 heteroatoms. The highest BCUT2D eigenvalue weighted by Gasteiger charge is 2.27. The first-order valence-electron chi connectivity index (χ1n) is 7.70. The molecule has 2 unspecified atom stereocenters. The first kappa shape index (κ1) is 14.1. The highest BCUT2D eigenvalue weighted by molar-refractivity contribution is 5.35. The van der Waals surface area contributed by atoms with Crippen LogP contribution in [0.1, 0.15) is 18.1 Å². The molecular formula is C18H22N2O. The summed E-state index contributed by atoms with van der Waals surface area (Å²) in [7, 11) is 0. The fourth-order valence-electron chi connectivity index (χ4n) is 3.05. The van der Waals surface area contributed by atoms with E-state index < -0.39 is 0 Å². The first-order chi connectivity index (χ1) is 10.4. The normalized spacial score (nSPS) is 18.6. The van der Waals surface area contributed by atoms with E-state index in [4.69, 9.17) is 4.74 Å². The van der Waals surface area contributed by atoms with E-state index >= 15 is 0 Å². The Bertz CT molecular complexity index is 570. The van der Waals surface area contributed by atoms with E-state index in [-0.39, 0.29) is 0 Å². The largest absolute Gasteiger partial charge is 0.493 e. The standard InChI is InChI=1S/C18H22N2O/c1-2-20-17(10-14-6-5-9-19-12-14)16-11-15-7-3-4-8-18(15)21-13-16/h3-9,12,16-17,20H,2,10-11,13H2,1H3. The van der Waals surface area contributed by atoms with Gasteiger partial charge >= 0.3 is 0 Å². The van der Waals surface area contributed by atoms with Crippen molar-refractivity contribution in [2.24, 2.45) is 5.92 Å². The number of rotatable bonds is 5. The van der Waals surface area contributed by atoms with Crippen molar-refractivity contribution in [3.05, 3.63) is 59.9 Å². The first-order valence-corrected chi connectivity index (χ1v) is 7.70. The highest BCUT2D eigenvalue weighted by Crippen LogP contribution is 2.29. The van der Waals surface area contributed by atoms with Gasteiger partial charge in [-0.15, -0.1) is 0 Å². The SMILES string of the molecule is CCNC(Cc1cccnc1)C1COc2ccccc2C1. The molecule has 21 heavy (non-hydrogen) atoms. The Balaban J connectivity index is 1.73. The fraction of sp³-hybridized carbons (Fsp3) is 0.389. The Morgan fingerprint density at radius 3 is 3.00 bits per heavy atom. The second-order valence-electron chi connectivity index (χ2n) is 5.61. The van der Waals surface area contributed by atoms with Crippen molar-refractivity contribution >= 4 is 0 Å². The molecule has 0 saturated carbocycles. The van der Waals surface area contributed by atoms with Crippen LogP contribution in [0.25, 0.3) is 0 Å². The van der Waals surface area contributed by atoms with Gasteiger partial charge in [0.1, 0.15) is 5.75 Å². The van der Waals surface area contributed by atoms with Crippen molar-refractivity contribution in [2.75, 3.05) is 13.2 Å². The van der Waals surface area contributed by atoms with E-state index in [0.29, 0.717) is 12.0 Å². The molecule has 3 rings (SSSR count). The summed E-state index contributed by atoms with van der Waals surface area (Å²) in [6.07, 6.45) is 5.86. The number of benzene rings is 1. The number of fused-ring (bicyclic) bond motifs is 1. The molecular weight excluding hydrogens is 260 g/mol. The van der Waals surface area contributed by atoms with Gasteiger partial charge in [-0.2, -0.15) is 0 Å². The average Bonchev–Trinajstić information content (AvgIpc) is 2.55. The Labute approximate surface area is 126 Å². The molecule has 3 nitrogen and oxygen atoms in total. The molecule has 1 aromatic carbocycles. The molecule has 1 N–H and O–H groups in total. The van der Waals surface area contributed by atoms with Crippen molar-refractivity contribution in [1.82, 2.24) is 10.3 Å². The molecule has 0 radical (unpaired) electrons. The van der Waals surface area contributed by atoms with Crippen LogP contribution in [0.4, 0.5) is 0 Å². The fourth-order valence-corrected chi connectivity index (χ4v) is 3.05. The number of nitrogens with zero attached hydrogens (tertiary/aromatic N) is 1. The number of hydrogen-bond donors (Lipinski definition) is 1. The lowest BCUT2D eigenvalue weighted by atomic mass is 9.87. The summed E-state index contributed by atoms with van der Waals surface area (Å²) in [5, 5.41) is 3.62. The molecule has 2 heterocycles. The number of ether oxygens (including phenoxy) is 1. The van der Waals surface area contributed by atoms with Crippen molar-refractivity contribution in [1.29, 1.82) is 0 Å². The smallest absolute Gasteiger partial charge is 0.122 e. The summed E-state index contributed by atoms with van der Waals surface area (Å²) in [6.45, 7) is 3.92. The van der Waals surface area contributed by atoms with Gasteiger partial charge in [0, 0.05) is 24.4 Å². The number of para-hydroxylation sites is 1. The van der Waals surface area contributed by atoms with Gasteiger partial charge in [-0.05, 0) is 42.6 Å². The van der Waals surface area contributed by atoms with Crippen LogP contribution in [0.3, 0.4) is 0 Å². The van der Waals surface area contributed by atoms with Gasteiger partial charge in [-0.1, -0.05) is 31.2 Å². The summed E-state index contributed by atoms with van der Waals surface area (Å²) >= 11 is 0. The van der Waals surface area contributed by atoms with Crippen LogP contribution in [-0.4, -0.2) is 24.2 Å². The van der Waals surface area contributed by atoms with Gasteiger partial charge < -0.3 is 10.1 Å². The molecule has 1 aromatic heterocycles. The Morgan fingerprint density at radius 2 is 2.19 bits per heavy atom. The molecule has 0 aliphatic carbocycles. The van der Waals surface area contributed by atoms with Crippen molar-refractivity contribution in [2.45, 2.75) is 25.8 Å². The third-order valence-electron chi connectivity index (χ3n) is 4.12. The molecule has 0 amide bonds. The zero-order valence-corrected chi connectivity index (χ0v) is 12.5. The van der Waals surface area contributed by atoms with Gasteiger partial charge in [-0.3, -0.25) is 4.98 Å². The number of likely N-dealkylation sites (N-methyl/N-ethyl adjacent to an activating group) is 1. The monoisotopic (exact) mass is 282 g/mol. The van der Waals surface area contributed by atoms with Gasteiger partial charge in [0.25, 0.3) is 0 Å². The number of pyridine rings is 1. The summed E-state index contributed by atoms with van der Waals surface area (Å²) < 4.78 is 5.95. The van der Waals surface area contributed by atoms with Crippen LogP contribution >= 0.6 is 0 Å². The van der Waals surface area contributed by atoms with Gasteiger partial charge in [0.2, 0.25) is 0 Å². The predicted octanol–water partition coefficient (Wildman–Crippen LogP) is 2.85. The van der Waals surface area contributed by atoms with E-state index in [2.05, 4.69) is 41.5 Å². The summed E-state index contributed by atoms with van der Waals surface area (Å²) in [6, 6.07) is 12.9. The van der Waals surface area contributed by atoms with Crippen LogP contribution in [0, 0.1) is 5.92 Å². The minimum absolute atomic E-state index is 0.424. The van der Waals surface area contributed by atoms with Crippen molar-refractivity contribution < 1.29 is 4.74 Å². The lowest BCUT2D eigenvalue weighted by molar-refractivity contribution is 0.184. The van der Waals surface area contributed by atoms with Crippen LogP contribution in [0.5, 0.6) is 5.75 Å². The van der Waals surface area contributed by atoms with Gasteiger partial charge in [-0.25, -0.2) is 0 Å². The van der Waals surface area contributed by atoms with E-state index in [0.717, 1.165) is 31.7 Å². The van der Waals surface area contributed by atoms with Crippen LogP contribution < -0.4 is 10.1 Å². The molecule has 1 aliphatic heterocycles. The molecule has 2 aromatic rings. The maximum absolute atomic E-state index is 5.95. The third-order valence-corrected chi connectivity index (χ3v) is 4.12. The number of hydrogen-bond acceptors (Lipinski definition) is 3. The van der Waals surface area contributed by atoms with Crippen molar-refractivity contribution in [3.63, 3.8) is 0 Å². The Morgan fingerprint density at radius 1 is 1.29 bits per heavy atom. The van der Waals surface area contributed by atoms with Crippen LogP contribution in [0.15, 0.2) is 48.8 Å². The minimum atomic E-state index is 0.424. The maximum atomic E-state index is 5.95. The lowest BCUT2D eigenvalue weighted by Crippen LogP contribution is -2.43. The predicted molar refractivity (Wildman–Crippen MR) is 84.5 cm³/mol. The molecule has 0 saturated heterocycles. The molecule has 1 aliphatic rings. The van der Waals surface area contributed by atoms with E-state index in [9.17, 15) is 0 Å². The molecule has 0 fully saturated rings. The van der Waals surface area contributed by atoms with Gasteiger partial charge in [0.05, 0.1) is 6.61 Å². The number of nitrogens with one attached hydrogen (secondary N) is 1. The minimum Gasteiger partial charge on any atom is -0.493 e. The van der Waals surface area contributed by atoms with Crippen LogP contribution in [-0.2, 0) is 12.8 Å². The Hall–Kier alpha value is -1.87. The maximum Gasteiger partial charge on any atom is 0.122 e. The quantitative estimate of drug-likeness (QED) is 0.915. The summed E-state index contributed by atoms with van der Waals surface area (Å²) in [4.78, 5) is 4.22. The highest BCUT2D eigenvalue weighted by atomic mass is 16.5. The van der Waals surface area contributed by atoms with E-state index in [1.165, 1.54) is 11.1 Å². The number of aromatic nitrogens is 1. The van der Waals surface area contributed by atoms with E-state index in [1.54, 1.807) is 0 Å². The van der Waals surface area contributed by atoms with Crippen molar-refractivity contribution in [3.8, 4) is 5.75 Å². The zero-order chi connectivity index (χ0) is 14.5. The lowest BCUT2D eigenvalue weighted by Gasteiger charge is -2.32. The summed E-state index contributed by atoms with van der Waals surface area (Å²) in [5.74, 6) is 1.55. The molecule has 0 spiro atoms. The van der Waals surface area contributed by atoms with Gasteiger partial charge in [0.15, 0.2) is 0 Å². The topological polar surface area (TPSA) is 34.2 Å². The molecule has 110 valence electrons. The van der Waals surface area contributed by atoms with Crippen LogP contribution in [0.2, 0.25) is 0 Å². The second kappa shape index (κ2) is 6.72. The molecule has 0 bridgehead atoms. The second-order valence-corrected chi connectivity index (χ2v) is 5.61. The Kier molecular flexibility index (Phi) is 4.51. The summed E-state index contributed by atoms with van der Waals surface area (Å²) in [5.41, 5.74) is 2.60.